The first kappa shape index (κ1) is 121. The van der Waals surface area contributed by atoms with E-state index in [1.807, 2.05) is 25.3 Å². The number of pyridine rings is 3. The van der Waals surface area contributed by atoms with E-state index in [4.69, 9.17) is 43.4 Å². The zero-order chi connectivity index (χ0) is 91.8. The molecule has 29 nitrogen and oxygen atoms in total. The van der Waals surface area contributed by atoms with E-state index in [1.54, 1.807) is 30.3 Å². The van der Waals surface area contributed by atoms with E-state index in [2.05, 4.69) is 44.1 Å². The number of fused-ring (bicyclic) bond motifs is 2. The summed E-state index contributed by atoms with van der Waals surface area (Å²) in [5.41, 5.74) is 9.98. The maximum absolute atomic E-state index is 14.0. The molecule has 1 fully saturated rings. The second kappa shape index (κ2) is 60.8. The largest absolute Gasteiger partial charge is 1.00 e. The van der Waals surface area contributed by atoms with Crippen molar-refractivity contribution in [2.45, 2.75) is 102 Å². The minimum Gasteiger partial charge on any atom is -1.00 e. The number of halogens is 7. The van der Waals surface area contributed by atoms with Gasteiger partial charge in [0.15, 0.2) is 69.4 Å². The van der Waals surface area contributed by atoms with Crippen LogP contribution in [0.15, 0.2) is 197 Å². The number of nitrogens with one attached hydrogen (secondary N) is 1. The monoisotopic (exact) mass is 1840 g/mol. The molecule has 0 aliphatic carbocycles. The van der Waals surface area contributed by atoms with E-state index in [9.17, 15) is 72.7 Å². The number of carbonyl (C=O) groups excluding carboxylic acids is 5. The molecule has 1 aliphatic rings. The summed E-state index contributed by atoms with van der Waals surface area (Å²) in [6, 6.07) is 38.9. The molecule has 702 valence electrons. The van der Waals surface area contributed by atoms with Crippen molar-refractivity contribution < 1.29 is 151 Å². The predicted molar refractivity (Wildman–Crippen MR) is 478 cm³/mol. The number of rotatable bonds is 21. The van der Waals surface area contributed by atoms with Crippen LogP contribution in [0.1, 0.15) is 111 Å². The van der Waals surface area contributed by atoms with Gasteiger partial charge in [0.25, 0.3) is 27.7 Å². The summed E-state index contributed by atoms with van der Waals surface area (Å²) < 4.78 is 177. The Morgan fingerprint density at radius 1 is 0.512 bits per heavy atom. The number of ether oxygens (including phenoxy) is 11. The zero-order valence-corrected chi connectivity index (χ0v) is 73.9. The summed E-state index contributed by atoms with van der Waals surface area (Å²) in [5, 5.41) is 3.31. The van der Waals surface area contributed by atoms with E-state index < -0.39 is 62.8 Å². The molecule has 0 unspecified atom stereocenters. The van der Waals surface area contributed by atoms with Crippen LogP contribution in [0.3, 0.4) is 0 Å². The van der Waals surface area contributed by atoms with Crippen LogP contribution in [0.25, 0.3) is 33.8 Å². The van der Waals surface area contributed by atoms with Gasteiger partial charge in [-0.25, -0.2) is 45.7 Å². The van der Waals surface area contributed by atoms with Crippen LogP contribution in [0.4, 0.5) is 42.2 Å². The van der Waals surface area contributed by atoms with Gasteiger partial charge in [-0.2, -0.15) is 8.42 Å². The summed E-state index contributed by atoms with van der Waals surface area (Å²) >= 11 is 0. The number of Topliss-reactive ketones (excluding diaryl/α,β-unsaturated/α-hetero) is 4. The second-order valence-electron chi connectivity index (χ2n) is 25.4. The third-order valence-corrected chi connectivity index (χ3v) is 17.6. The third-order valence-electron chi connectivity index (χ3n) is 16.8. The third kappa shape index (κ3) is 39.3. The molecule has 0 atom stereocenters. The van der Waals surface area contributed by atoms with E-state index >= 15 is 0 Å². The number of carbonyl (C=O) groups is 5. The van der Waals surface area contributed by atoms with Crippen LogP contribution >= 0.6 is 0 Å². The minimum absolute atomic E-state index is 0. The molecule has 129 heavy (non-hydrogen) atoms. The molecule has 12 rings (SSSR count). The molecule has 0 bridgehead atoms. The Morgan fingerprint density at radius 3 is 1.27 bits per heavy atom. The van der Waals surface area contributed by atoms with Crippen molar-refractivity contribution >= 4 is 62.0 Å². The number of aromatic nitrogens is 5. The average Bonchev–Trinajstić information content (AvgIpc) is 0.863. The Labute approximate surface area is 771 Å². The van der Waals surface area contributed by atoms with E-state index in [-0.39, 0.29) is 166 Å². The molecule has 0 spiro atoms. The molecule has 38 heteroatoms. The molecule has 1 aliphatic heterocycles. The Morgan fingerprint density at radius 2 is 0.915 bits per heavy atom. The topological polar surface area (TPSA) is 364 Å². The average molecular weight is 1850 g/mol. The van der Waals surface area contributed by atoms with Gasteiger partial charge in [0.1, 0.15) is 40.3 Å². The van der Waals surface area contributed by atoms with Gasteiger partial charge in [-0.05, 0) is 167 Å². The van der Waals surface area contributed by atoms with Crippen LogP contribution in [0, 0.1) is 47.6 Å². The fraction of sp³-hybridized carbons (Fsp3) is 0.319. The molecular formula is C91H116F7N8NaO21S. The van der Waals surface area contributed by atoms with E-state index in [1.165, 1.54) is 226 Å². The number of nitrogen functional groups attached to an aromatic ring is 1. The maximum Gasteiger partial charge on any atom is 1.00 e. The SMILES string of the molecule is C.C.C.C.C.COC(C)=O.COC(OC)OC.COc1ccc(-c2cc(=O)n3cc(F)ccc3n2)cc1F.COc1ccc(-c2cc(=O)n3cc(N4CCNCC4)ccc3n2)cc1F.COc1ccc(C(=O)CC(C)=O)cc1F.COc1ccc(C(C)=O)cc1F.COc1ccc(C(CC(C)=O)(OC)OC)cc1F.Cc1ccc(S(=O)(=O)O)cc1.Nc1ccc(F)cn1.[H-].[Na+]. The van der Waals surface area contributed by atoms with Gasteiger partial charge in [0, 0.05) is 121 Å². The number of benzene rings is 6. The maximum atomic E-state index is 14.0. The number of anilines is 2. The van der Waals surface area contributed by atoms with Crippen molar-refractivity contribution in [3.63, 3.8) is 0 Å². The number of piperazine rings is 1. The van der Waals surface area contributed by atoms with Gasteiger partial charge in [0.2, 0.25) is 5.79 Å². The molecule has 6 aromatic carbocycles. The van der Waals surface area contributed by atoms with Crippen molar-refractivity contribution in [1.29, 1.82) is 0 Å². The fourth-order valence-electron chi connectivity index (χ4n) is 10.5. The molecule has 1 saturated heterocycles. The van der Waals surface area contributed by atoms with Gasteiger partial charge < -0.3 is 69.5 Å². The summed E-state index contributed by atoms with van der Waals surface area (Å²) in [7, 11) is 11.6. The number of esters is 1. The van der Waals surface area contributed by atoms with Crippen molar-refractivity contribution in [1.82, 2.24) is 29.1 Å². The molecule has 0 saturated carbocycles. The molecular weight excluding hydrogens is 1730 g/mol. The Hall–Kier alpha value is -11.9. The van der Waals surface area contributed by atoms with Crippen molar-refractivity contribution in [2.75, 3.05) is 115 Å². The van der Waals surface area contributed by atoms with Crippen molar-refractivity contribution in [2.24, 2.45) is 0 Å². The normalized spacial score (nSPS) is 10.7. The molecule has 5 aromatic heterocycles. The first-order chi connectivity index (χ1) is 58.3. The fourth-order valence-corrected chi connectivity index (χ4v) is 10.9. The number of nitrogens with two attached hydrogens (primary N) is 1. The molecule has 0 radical (unpaired) electrons. The van der Waals surface area contributed by atoms with E-state index in [0.717, 1.165) is 60.3 Å². The summed E-state index contributed by atoms with van der Waals surface area (Å²) in [6.45, 7) is 10.5. The first-order valence-electron chi connectivity index (χ1n) is 36.4. The van der Waals surface area contributed by atoms with Crippen molar-refractivity contribution in [3.05, 3.63) is 266 Å². The number of methoxy groups -OCH3 is 11. The number of aryl methyl sites for hydroxylation is 1. The number of hydrogen-bond donors (Lipinski definition) is 3. The number of nitrogens with zero attached hydrogens (tertiary/aromatic N) is 6. The molecule has 4 N–H and O–H groups in total. The Bertz CT molecular complexity index is 5560. The zero-order valence-electron chi connectivity index (χ0n) is 72.1. The van der Waals surface area contributed by atoms with Gasteiger partial charge in [-0.3, -0.25) is 46.9 Å². The van der Waals surface area contributed by atoms with Crippen LogP contribution in [-0.4, -0.2) is 177 Å². The van der Waals surface area contributed by atoms with Gasteiger partial charge in [-0.15, -0.1) is 0 Å². The summed E-state index contributed by atoms with van der Waals surface area (Å²) in [5.74, 6) is -5.01. The predicted octanol–water partition coefficient (Wildman–Crippen LogP) is 13.6. The first-order valence-corrected chi connectivity index (χ1v) is 37.8. The van der Waals surface area contributed by atoms with Crippen LogP contribution in [0.2, 0.25) is 0 Å². The van der Waals surface area contributed by atoms with Gasteiger partial charge in [0.05, 0.1) is 83.7 Å². The second-order valence-corrected chi connectivity index (χ2v) is 26.8. The van der Waals surface area contributed by atoms with Crippen LogP contribution in [-0.2, 0) is 58.7 Å². The van der Waals surface area contributed by atoms with Crippen LogP contribution < -0.4 is 80.3 Å². The van der Waals surface area contributed by atoms with Crippen molar-refractivity contribution in [3.8, 4) is 51.3 Å². The molecule has 0 amide bonds. The van der Waals surface area contributed by atoms with Crippen LogP contribution in [0.5, 0.6) is 28.7 Å². The quantitative estimate of drug-likeness (QED) is 0.0114. The number of ketones is 4. The standard InChI is InChI=1S/C19H19FN4O2.C15H10F2N2O2.C13H17FO4.C11H11FO3.C9H9FO2.C7H8O3S.C5H5FN2.C4H10O3.C3H6O2.5CH4.Na.H/c1-26-17-4-2-13(10-15(17)20)16-11-19(25)24-12-14(3-5-18(24)22-16)23-8-6-21-7-9-23;1-21-13-4-2-9(6-11(13)17)12-7-15(20)19-8-10(16)3-5-14(19)18-12;1-9(15)8-13(17-3,18-4)10-5-6-12(16-2)11(14)7-10;1-7(13)5-10(14)8-3-4-11(15-2)9(12)6-8;1-6(11)7-3-4-9(12-2)8(10)5-7;1-6-2-4-7(5-3-6)11(8,9)10;6-4-1-2-5(7)8-3-4;1-5-4(6-2)7-3;1-3(4)5-2;;;;;;;/h2-5,10-12,21H,6-9H2,1H3;2-8H,1H3;5-7H,8H2,1-4H3;3-4,6H,5H2,1-2H3;3-5H,1-2H3;2-5H,1H3,(H,8,9,10);1-3H,(H2,7,8);4H,1-3H3;1-2H3;5*1H4;;/q;;;;;;;;;;;;;;+1;-1. The molecule has 6 heterocycles. The smallest absolute Gasteiger partial charge is 1.00 e. The van der Waals surface area contributed by atoms with E-state index in [0.29, 0.717) is 45.1 Å². The van der Waals surface area contributed by atoms with Gasteiger partial charge >= 0.3 is 35.5 Å². The number of hydrogen-bond acceptors (Lipinski definition) is 26. The molecule has 11 aromatic rings. The Kier molecular flexibility index (Phi) is 57.1. The minimum atomic E-state index is -4.02. The summed E-state index contributed by atoms with van der Waals surface area (Å²) in [6.07, 6.45) is 3.75. The Balaban J connectivity index is -0.000000707. The summed E-state index contributed by atoms with van der Waals surface area (Å²) in [4.78, 5) is 92.7. The van der Waals surface area contributed by atoms with Gasteiger partial charge in [-0.1, -0.05) is 54.8 Å².